The highest BCUT2D eigenvalue weighted by molar-refractivity contribution is 7.88. The first-order chi connectivity index (χ1) is 12.6. The van der Waals surface area contributed by atoms with E-state index in [9.17, 15) is 26.4 Å². The lowest BCUT2D eigenvalue weighted by molar-refractivity contribution is -0.141. The van der Waals surface area contributed by atoms with E-state index in [2.05, 4.69) is 4.98 Å². The number of rotatable bonds is 2. The first kappa shape index (κ1) is 20.0. The molecule has 27 heavy (non-hydrogen) atoms. The van der Waals surface area contributed by atoms with Gasteiger partial charge in [0.15, 0.2) is 0 Å². The van der Waals surface area contributed by atoms with Crippen LogP contribution >= 0.6 is 0 Å². The van der Waals surface area contributed by atoms with Gasteiger partial charge in [-0.2, -0.15) is 17.5 Å². The fourth-order valence-corrected chi connectivity index (χ4v) is 4.70. The largest absolute Gasteiger partial charge is 0.433 e. The monoisotopic (exact) mass is 407 g/mol. The third kappa shape index (κ3) is 4.41. The van der Waals surface area contributed by atoms with Gasteiger partial charge in [-0.3, -0.25) is 9.78 Å². The highest BCUT2D eigenvalue weighted by Crippen LogP contribution is 2.29. The van der Waals surface area contributed by atoms with Crippen molar-refractivity contribution in [3.8, 4) is 0 Å². The van der Waals surface area contributed by atoms with Crippen molar-refractivity contribution in [1.82, 2.24) is 14.2 Å². The van der Waals surface area contributed by atoms with E-state index in [1.807, 2.05) is 0 Å². The standard InChI is InChI=1S/C16H20F3N3O4S/c1-27(24,25)22-8-9-26-13-4-7-21(6-3-12(13)22)15(23)11-2-5-20-14(10-11)16(17,18)19/h2,5,10,12-13H,3-4,6-9H2,1H3/t12-,13-/m1/s1. The summed E-state index contributed by atoms with van der Waals surface area (Å²) < 4.78 is 69.6. The van der Waals surface area contributed by atoms with Crippen LogP contribution in [0.5, 0.6) is 0 Å². The smallest absolute Gasteiger partial charge is 0.375 e. The Morgan fingerprint density at radius 1 is 1.26 bits per heavy atom. The molecule has 2 aliphatic rings. The molecule has 0 aromatic carbocycles. The van der Waals surface area contributed by atoms with E-state index in [0.717, 1.165) is 18.5 Å². The number of hydrogen-bond acceptors (Lipinski definition) is 5. The number of hydrogen-bond donors (Lipinski definition) is 0. The van der Waals surface area contributed by atoms with Gasteiger partial charge in [0.2, 0.25) is 10.0 Å². The fraction of sp³-hybridized carbons (Fsp3) is 0.625. The second-order valence-electron chi connectivity index (χ2n) is 6.65. The Morgan fingerprint density at radius 2 is 1.96 bits per heavy atom. The van der Waals surface area contributed by atoms with Crippen LogP contribution in [0.2, 0.25) is 0 Å². The molecule has 3 heterocycles. The molecule has 1 amide bonds. The van der Waals surface area contributed by atoms with Gasteiger partial charge in [0.05, 0.1) is 25.0 Å². The summed E-state index contributed by atoms with van der Waals surface area (Å²) in [4.78, 5) is 17.4. The molecule has 0 radical (unpaired) electrons. The van der Waals surface area contributed by atoms with E-state index in [4.69, 9.17) is 4.74 Å². The zero-order valence-electron chi connectivity index (χ0n) is 14.6. The Hall–Kier alpha value is -1.72. The molecule has 2 fully saturated rings. The molecule has 0 N–H and O–H groups in total. The second kappa shape index (κ2) is 7.36. The van der Waals surface area contributed by atoms with Gasteiger partial charge in [-0.25, -0.2) is 8.42 Å². The number of ether oxygens (including phenoxy) is 1. The molecule has 0 saturated carbocycles. The number of morpholine rings is 1. The molecule has 1 aromatic heterocycles. The third-order valence-electron chi connectivity index (χ3n) is 4.83. The number of carbonyl (C=O) groups is 1. The SMILES string of the molecule is CS(=O)(=O)N1CCO[C@@H]2CCN(C(=O)c3ccnc(C(F)(F)F)c3)CC[C@H]21. The van der Waals surface area contributed by atoms with E-state index in [0.29, 0.717) is 12.8 Å². The minimum absolute atomic E-state index is 0.0944. The van der Waals surface area contributed by atoms with Gasteiger partial charge in [-0.15, -0.1) is 0 Å². The van der Waals surface area contributed by atoms with Crippen molar-refractivity contribution in [3.63, 3.8) is 0 Å². The number of amides is 1. The minimum atomic E-state index is -4.63. The minimum Gasteiger partial charge on any atom is -0.375 e. The number of sulfonamides is 1. The molecule has 7 nitrogen and oxygen atoms in total. The van der Waals surface area contributed by atoms with Gasteiger partial charge >= 0.3 is 6.18 Å². The average molecular weight is 407 g/mol. The summed E-state index contributed by atoms with van der Waals surface area (Å²) in [5, 5.41) is 0. The summed E-state index contributed by atoms with van der Waals surface area (Å²) in [5.41, 5.74) is -1.22. The van der Waals surface area contributed by atoms with Crippen molar-refractivity contribution in [3.05, 3.63) is 29.6 Å². The van der Waals surface area contributed by atoms with Crippen LogP contribution in [0.25, 0.3) is 0 Å². The zero-order valence-corrected chi connectivity index (χ0v) is 15.5. The van der Waals surface area contributed by atoms with Crippen molar-refractivity contribution in [2.24, 2.45) is 0 Å². The van der Waals surface area contributed by atoms with Crippen molar-refractivity contribution in [2.75, 3.05) is 32.5 Å². The molecule has 1 aromatic rings. The highest BCUT2D eigenvalue weighted by atomic mass is 32.2. The second-order valence-corrected chi connectivity index (χ2v) is 8.58. The first-order valence-corrected chi connectivity index (χ1v) is 10.3. The number of fused-ring (bicyclic) bond motifs is 1. The fourth-order valence-electron chi connectivity index (χ4n) is 3.56. The summed E-state index contributed by atoms with van der Waals surface area (Å²) in [5.74, 6) is -0.535. The van der Waals surface area contributed by atoms with Crippen molar-refractivity contribution < 1.29 is 31.1 Å². The van der Waals surface area contributed by atoms with Crippen LogP contribution < -0.4 is 0 Å². The van der Waals surface area contributed by atoms with Crippen LogP contribution in [0.15, 0.2) is 18.3 Å². The molecular weight excluding hydrogens is 387 g/mol. The zero-order chi connectivity index (χ0) is 19.8. The molecule has 3 rings (SSSR count). The summed E-state index contributed by atoms with van der Waals surface area (Å²) in [7, 11) is -3.41. The van der Waals surface area contributed by atoms with E-state index in [1.165, 1.54) is 15.3 Å². The van der Waals surface area contributed by atoms with Crippen LogP contribution in [0, 0.1) is 0 Å². The lowest BCUT2D eigenvalue weighted by Gasteiger charge is -2.38. The maximum absolute atomic E-state index is 12.8. The van der Waals surface area contributed by atoms with Crippen molar-refractivity contribution in [2.45, 2.75) is 31.2 Å². The van der Waals surface area contributed by atoms with Crippen molar-refractivity contribution in [1.29, 1.82) is 0 Å². The molecular formula is C16H20F3N3O4S. The molecule has 2 atom stereocenters. The summed E-state index contributed by atoms with van der Waals surface area (Å²) >= 11 is 0. The number of likely N-dealkylation sites (tertiary alicyclic amines) is 1. The number of pyridine rings is 1. The third-order valence-corrected chi connectivity index (χ3v) is 6.14. The predicted molar refractivity (Wildman–Crippen MR) is 89.5 cm³/mol. The predicted octanol–water partition coefficient (Wildman–Crippen LogP) is 1.37. The summed E-state index contributed by atoms with van der Waals surface area (Å²) in [6, 6.07) is 1.60. The molecule has 11 heteroatoms. The average Bonchev–Trinajstić information content (AvgIpc) is 2.82. The van der Waals surface area contributed by atoms with Gasteiger partial charge in [0.1, 0.15) is 5.69 Å². The van der Waals surface area contributed by atoms with Crippen LogP contribution in [0.1, 0.15) is 28.9 Å². The molecule has 2 saturated heterocycles. The molecule has 0 aliphatic carbocycles. The van der Waals surface area contributed by atoms with Crippen molar-refractivity contribution >= 4 is 15.9 Å². The Kier molecular flexibility index (Phi) is 5.46. The summed E-state index contributed by atoms with van der Waals surface area (Å²) in [6.07, 6.45) is -2.09. The topological polar surface area (TPSA) is 79.8 Å². The van der Waals surface area contributed by atoms with E-state index < -0.39 is 27.8 Å². The van der Waals surface area contributed by atoms with Gasteiger partial charge < -0.3 is 9.64 Å². The summed E-state index contributed by atoms with van der Waals surface area (Å²) in [6.45, 7) is 1.05. The number of alkyl halides is 3. The maximum atomic E-state index is 12.8. The van der Waals surface area contributed by atoms with Gasteiger partial charge in [0, 0.05) is 31.4 Å². The maximum Gasteiger partial charge on any atom is 0.433 e. The van der Waals surface area contributed by atoms with Gasteiger partial charge in [-0.1, -0.05) is 0 Å². The molecule has 0 unspecified atom stereocenters. The Balaban J connectivity index is 1.77. The highest BCUT2D eigenvalue weighted by Gasteiger charge is 2.40. The van der Waals surface area contributed by atoms with Crippen LogP contribution in [0.3, 0.4) is 0 Å². The Bertz CT molecular complexity index is 815. The number of halogens is 3. The number of nitrogens with zero attached hydrogens (tertiary/aromatic N) is 3. The van der Waals surface area contributed by atoms with E-state index in [-0.39, 0.29) is 44.0 Å². The lowest BCUT2D eigenvalue weighted by atomic mass is 10.0. The van der Waals surface area contributed by atoms with Gasteiger partial charge in [0.25, 0.3) is 5.91 Å². The first-order valence-electron chi connectivity index (χ1n) is 8.48. The lowest BCUT2D eigenvalue weighted by Crippen LogP contribution is -2.53. The van der Waals surface area contributed by atoms with Gasteiger partial charge in [-0.05, 0) is 25.0 Å². The van der Waals surface area contributed by atoms with Crippen LogP contribution in [-0.4, -0.2) is 73.2 Å². The Labute approximate surface area is 155 Å². The quantitative estimate of drug-likeness (QED) is 0.740. The van der Waals surface area contributed by atoms with E-state index >= 15 is 0 Å². The molecule has 150 valence electrons. The molecule has 0 bridgehead atoms. The Morgan fingerprint density at radius 3 is 2.63 bits per heavy atom. The number of carbonyl (C=O) groups excluding carboxylic acids is 1. The van der Waals surface area contributed by atoms with Crippen LogP contribution in [-0.2, 0) is 20.9 Å². The number of aromatic nitrogens is 1. The van der Waals surface area contributed by atoms with E-state index in [1.54, 1.807) is 0 Å². The normalized spacial score (nSPS) is 25.0. The van der Waals surface area contributed by atoms with Crippen LogP contribution in [0.4, 0.5) is 13.2 Å². The molecule has 0 spiro atoms. The molecule has 2 aliphatic heterocycles.